The molecule has 142 valence electrons. The van der Waals surface area contributed by atoms with Crippen LogP contribution in [0, 0.1) is 0 Å². The van der Waals surface area contributed by atoms with Gasteiger partial charge in [0, 0.05) is 10.4 Å². The maximum Gasteiger partial charge on any atom is 0.266 e. The van der Waals surface area contributed by atoms with E-state index in [4.69, 9.17) is 23.8 Å². The smallest absolute Gasteiger partial charge is 0.266 e. The van der Waals surface area contributed by atoms with Crippen LogP contribution in [-0.2, 0) is 19.4 Å². The van der Waals surface area contributed by atoms with Crippen molar-refractivity contribution in [3.63, 3.8) is 0 Å². The van der Waals surface area contributed by atoms with E-state index < -0.39 is 27.8 Å². The minimum Gasteiger partial charge on any atom is -0.347 e. The summed E-state index contributed by atoms with van der Waals surface area (Å²) in [5.41, 5.74) is 0.751. The molecule has 2 aliphatic rings. The van der Waals surface area contributed by atoms with Crippen LogP contribution in [0.15, 0.2) is 40.7 Å². The van der Waals surface area contributed by atoms with Gasteiger partial charge in [-0.1, -0.05) is 47.7 Å². The predicted molar refractivity (Wildman–Crippen MR) is 111 cm³/mol. The van der Waals surface area contributed by atoms with Gasteiger partial charge in [0.25, 0.3) is 5.91 Å². The Balaban J connectivity index is 1.72. The number of carbonyl (C=O) groups excluding carboxylic acids is 2. The van der Waals surface area contributed by atoms with E-state index in [0.29, 0.717) is 9.93 Å². The van der Waals surface area contributed by atoms with Crippen LogP contribution in [0.2, 0.25) is 5.02 Å². The molecule has 1 N–H and O–H groups in total. The Kier molecular flexibility index (Phi) is 5.76. The summed E-state index contributed by atoms with van der Waals surface area (Å²) in [4.78, 5) is 26.8. The van der Waals surface area contributed by atoms with Crippen LogP contribution in [0.3, 0.4) is 0 Å². The highest BCUT2D eigenvalue weighted by molar-refractivity contribution is 8.26. The van der Waals surface area contributed by atoms with Gasteiger partial charge in [-0.3, -0.25) is 14.5 Å². The molecule has 0 saturated carbocycles. The molecule has 0 spiro atoms. The lowest BCUT2D eigenvalue weighted by Gasteiger charge is -2.23. The van der Waals surface area contributed by atoms with Gasteiger partial charge in [-0.15, -0.1) is 0 Å². The van der Waals surface area contributed by atoms with Gasteiger partial charge >= 0.3 is 0 Å². The number of sulfone groups is 1. The number of carbonyl (C=O) groups is 2. The van der Waals surface area contributed by atoms with E-state index in [9.17, 15) is 18.0 Å². The standard InChI is InChI=1S/C17H15ClN2O4S3/c1-10(15(21)19-13-5-6-27(23,24)9-13)20-16(22)14(26-17(20)25)8-11-3-2-4-12(18)7-11/h2-8,10,13H,9H2,1H3,(H,19,21)/b14-8-/t10-,13+/m0/s1. The highest BCUT2D eigenvalue weighted by Gasteiger charge is 2.39. The SMILES string of the molecule is C[C@@H](C(=O)N[C@@H]1C=CS(=O)(=O)C1)N1C(=O)/C(=C/c2cccc(Cl)c2)SC1=S. The Morgan fingerprint density at radius 2 is 2.22 bits per heavy atom. The van der Waals surface area contributed by atoms with E-state index in [0.717, 1.165) is 22.7 Å². The zero-order valence-electron chi connectivity index (χ0n) is 14.1. The number of hydrogen-bond donors (Lipinski definition) is 1. The number of thiocarbonyl (C=S) groups is 1. The first-order valence-electron chi connectivity index (χ1n) is 7.90. The summed E-state index contributed by atoms with van der Waals surface area (Å²) in [7, 11) is -3.28. The average molecular weight is 443 g/mol. The van der Waals surface area contributed by atoms with Crippen molar-refractivity contribution in [3.05, 3.63) is 51.2 Å². The Morgan fingerprint density at radius 1 is 1.48 bits per heavy atom. The third-order valence-electron chi connectivity index (χ3n) is 3.99. The lowest BCUT2D eigenvalue weighted by molar-refractivity contribution is -0.132. The molecule has 1 fully saturated rings. The number of nitrogens with one attached hydrogen (secondary N) is 1. The Labute approximate surface area is 171 Å². The molecular weight excluding hydrogens is 428 g/mol. The summed E-state index contributed by atoms with van der Waals surface area (Å²) < 4.78 is 23.2. The maximum absolute atomic E-state index is 12.7. The van der Waals surface area contributed by atoms with Gasteiger partial charge in [0.05, 0.1) is 16.7 Å². The summed E-state index contributed by atoms with van der Waals surface area (Å²) in [6.07, 6.45) is 3.09. The number of amides is 2. The lowest BCUT2D eigenvalue weighted by atomic mass is 10.2. The second kappa shape index (κ2) is 7.75. The fraction of sp³-hybridized carbons (Fsp3) is 0.235. The van der Waals surface area contributed by atoms with Gasteiger partial charge in [-0.2, -0.15) is 0 Å². The molecule has 2 aliphatic heterocycles. The van der Waals surface area contributed by atoms with Crippen molar-refractivity contribution in [1.29, 1.82) is 0 Å². The summed E-state index contributed by atoms with van der Waals surface area (Å²) in [5, 5.41) is 4.25. The van der Waals surface area contributed by atoms with Crippen LogP contribution in [-0.4, -0.2) is 47.3 Å². The summed E-state index contributed by atoms with van der Waals surface area (Å²) >= 11 is 12.3. The number of halogens is 1. The zero-order chi connectivity index (χ0) is 19.8. The van der Waals surface area contributed by atoms with Crippen molar-refractivity contribution in [2.75, 3.05) is 5.75 Å². The van der Waals surface area contributed by atoms with Crippen molar-refractivity contribution in [3.8, 4) is 0 Å². The number of benzene rings is 1. The van der Waals surface area contributed by atoms with Crippen LogP contribution in [0.4, 0.5) is 0 Å². The Hall–Kier alpha value is -1.68. The Morgan fingerprint density at radius 3 is 2.85 bits per heavy atom. The molecular formula is C17H15ClN2O4S3. The molecule has 0 unspecified atom stereocenters. The van der Waals surface area contributed by atoms with E-state index in [1.54, 1.807) is 37.3 Å². The molecule has 0 radical (unpaired) electrons. The lowest BCUT2D eigenvalue weighted by Crippen LogP contribution is -2.49. The fourth-order valence-electron chi connectivity index (χ4n) is 2.65. The molecule has 2 amide bonds. The van der Waals surface area contributed by atoms with Crippen molar-refractivity contribution in [1.82, 2.24) is 10.2 Å². The molecule has 2 atom stereocenters. The van der Waals surface area contributed by atoms with Crippen molar-refractivity contribution >= 4 is 67.6 Å². The summed E-state index contributed by atoms with van der Waals surface area (Å²) in [6.45, 7) is 1.55. The molecule has 27 heavy (non-hydrogen) atoms. The second-order valence-electron chi connectivity index (χ2n) is 6.06. The molecule has 10 heteroatoms. The molecule has 3 rings (SSSR count). The maximum atomic E-state index is 12.7. The van der Waals surface area contributed by atoms with E-state index in [-0.39, 0.29) is 16.0 Å². The molecule has 2 heterocycles. The van der Waals surface area contributed by atoms with E-state index in [2.05, 4.69) is 5.32 Å². The third kappa shape index (κ3) is 4.60. The second-order valence-corrected chi connectivity index (χ2v) is 10.1. The molecule has 1 aromatic carbocycles. The summed E-state index contributed by atoms with van der Waals surface area (Å²) in [6, 6.07) is 5.56. The third-order valence-corrected chi connectivity index (χ3v) is 6.96. The molecule has 1 saturated heterocycles. The van der Waals surface area contributed by atoms with Crippen LogP contribution < -0.4 is 5.32 Å². The molecule has 0 bridgehead atoms. The first kappa shape index (κ1) is 20.1. The largest absolute Gasteiger partial charge is 0.347 e. The van der Waals surface area contributed by atoms with Gasteiger partial charge in [-0.25, -0.2) is 8.42 Å². The van der Waals surface area contributed by atoms with Crippen LogP contribution >= 0.6 is 35.6 Å². The first-order chi connectivity index (χ1) is 12.7. The van der Waals surface area contributed by atoms with E-state index in [1.807, 2.05) is 0 Å². The minimum atomic E-state index is -3.28. The van der Waals surface area contributed by atoms with Gasteiger partial charge in [0.15, 0.2) is 9.84 Å². The van der Waals surface area contributed by atoms with Gasteiger partial charge in [0.2, 0.25) is 5.91 Å². The quantitative estimate of drug-likeness (QED) is 0.569. The van der Waals surface area contributed by atoms with E-state index >= 15 is 0 Å². The van der Waals surface area contributed by atoms with Gasteiger partial charge < -0.3 is 5.32 Å². The number of hydrogen-bond acceptors (Lipinski definition) is 6. The van der Waals surface area contributed by atoms with Gasteiger partial charge in [0.1, 0.15) is 10.4 Å². The highest BCUT2D eigenvalue weighted by Crippen LogP contribution is 2.34. The van der Waals surface area contributed by atoms with Crippen LogP contribution in [0.25, 0.3) is 6.08 Å². The monoisotopic (exact) mass is 442 g/mol. The van der Waals surface area contributed by atoms with E-state index in [1.165, 1.54) is 11.0 Å². The summed E-state index contributed by atoms with van der Waals surface area (Å²) in [5.74, 6) is -1.03. The molecule has 0 aromatic heterocycles. The topological polar surface area (TPSA) is 83.6 Å². The number of rotatable bonds is 4. The average Bonchev–Trinajstić information content (AvgIpc) is 3.05. The predicted octanol–water partition coefficient (Wildman–Crippen LogP) is 2.36. The Bertz CT molecular complexity index is 988. The first-order valence-corrected chi connectivity index (χ1v) is 11.2. The fourth-order valence-corrected chi connectivity index (χ4v) is 5.50. The highest BCUT2D eigenvalue weighted by atomic mass is 35.5. The number of nitrogens with zero attached hydrogens (tertiary/aromatic N) is 1. The molecule has 6 nitrogen and oxygen atoms in total. The number of thioether (sulfide) groups is 1. The van der Waals surface area contributed by atoms with Crippen LogP contribution in [0.5, 0.6) is 0 Å². The van der Waals surface area contributed by atoms with Crippen molar-refractivity contribution in [2.45, 2.75) is 19.0 Å². The van der Waals surface area contributed by atoms with Crippen molar-refractivity contribution < 1.29 is 18.0 Å². The van der Waals surface area contributed by atoms with Crippen LogP contribution in [0.1, 0.15) is 12.5 Å². The zero-order valence-corrected chi connectivity index (χ0v) is 17.3. The van der Waals surface area contributed by atoms with Crippen molar-refractivity contribution in [2.24, 2.45) is 0 Å². The van der Waals surface area contributed by atoms with Gasteiger partial charge in [-0.05, 0) is 36.8 Å². The molecule has 1 aromatic rings. The normalized spacial score (nSPS) is 23.9. The molecule has 0 aliphatic carbocycles. The minimum absolute atomic E-state index is 0.182.